The van der Waals surface area contributed by atoms with Crippen LogP contribution in [0, 0.1) is 10.1 Å². The normalized spacial score (nSPS) is 19.3. The van der Waals surface area contributed by atoms with E-state index in [0.717, 1.165) is 22.6 Å². The van der Waals surface area contributed by atoms with Crippen LogP contribution in [0.5, 0.6) is 5.75 Å². The number of carbonyl (C=O) groups excluding carboxylic acids is 1. The summed E-state index contributed by atoms with van der Waals surface area (Å²) < 4.78 is 11.3. The Hall–Kier alpha value is -2.65. The molecule has 0 bridgehead atoms. The van der Waals surface area contributed by atoms with Gasteiger partial charge in [0, 0.05) is 31.1 Å². The summed E-state index contributed by atoms with van der Waals surface area (Å²) in [5.41, 5.74) is 1.73. The lowest BCUT2D eigenvalue weighted by Crippen LogP contribution is -2.52. The predicted molar refractivity (Wildman–Crippen MR) is 100 cm³/mol. The number of thiophene rings is 1. The molecule has 2 aromatic rings. The highest BCUT2D eigenvalue weighted by Gasteiger charge is 2.34. The number of benzene rings is 1. The first-order valence-corrected chi connectivity index (χ1v) is 9.59. The highest BCUT2D eigenvalue weighted by atomic mass is 32.1. The SMILES string of the molecule is O=C([C@H]1CN(Cc2csc([N+](=O)[O-])c2)c2ccccc2O1)N1CCOCC1. The number of carbonyl (C=O) groups is 1. The number of anilines is 1. The summed E-state index contributed by atoms with van der Waals surface area (Å²) in [6, 6.07) is 9.15. The van der Waals surface area contributed by atoms with Crippen molar-refractivity contribution in [2.24, 2.45) is 0 Å². The summed E-state index contributed by atoms with van der Waals surface area (Å²) in [7, 11) is 0. The van der Waals surface area contributed by atoms with Gasteiger partial charge in [-0.2, -0.15) is 0 Å². The molecule has 9 heteroatoms. The summed E-state index contributed by atoms with van der Waals surface area (Å²) in [5, 5.41) is 12.8. The minimum Gasteiger partial charge on any atom is -0.477 e. The summed E-state index contributed by atoms with van der Waals surface area (Å²) in [4.78, 5) is 27.3. The van der Waals surface area contributed by atoms with Crippen LogP contribution >= 0.6 is 11.3 Å². The molecular weight excluding hydrogens is 370 g/mol. The molecule has 0 N–H and O–H groups in total. The lowest BCUT2D eigenvalue weighted by Gasteiger charge is -2.38. The zero-order chi connectivity index (χ0) is 18.8. The third kappa shape index (κ3) is 3.74. The van der Waals surface area contributed by atoms with Gasteiger partial charge in [-0.05, 0) is 17.7 Å². The number of ether oxygens (including phenoxy) is 2. The first kappa shape index (κ1) is 17.7. The van der Waals surface area contributed by atoms with Gasteiger partial charge in [0.05, 0.1) is 30.4 Å². The van der Waals surface area contributed by atoms with E-state index in [2.05, 4.69) is 0 Å². The first-order valence-electron chi connectivity index (χ1n) is 8.71. The van der Waals surface area contributed by atoms with Crippen LogP contribution in [-0.2, 0) is 16.1 Å². The molecule has 3 heterocycles. The summed E-state index contributed by atoms with van der Waals surface area (Å²) in [6.07, 6.45) is -0.605. The lowest BCUT2D eigenvalue weighted by atomic mass is 10.1. The molecular formula is C18H19N3O5S. The number of morpholine rings is 1. The Morgan fingerprint density at radius 2 is 2.07 bits per heavy atom. The largest absolute Gasteiger partial charge is 0.477 e. The first-order chi connectivity index (χ1) is 13.1. The van der Waals surface area contributed by atoms with Crippen molar-refractivity contribution < 1.29 is 19.2 Å². The zero-order valence-corrected chi connectivity index (χ0v) is 15.4. The molecule has 1 amide bonds. The number of hydrogen-bond acceptors (Lipinski definition) is 7. The number of amides is 1. The maximum Gasteiger partial charge on any atom is 0.324 e. The van der Waals surface area contributed by atoms with E-state index in [1.165, 1.54) is 0 Å². The molecule has 1 aromatic carbocycles. The fraction of sp³-hybridized carbons (Fsp3) is 0.389. The third-order valence-corrected chi connectivity index (χ3v) is 5.58. The van der Waals surface area contributed by atoms with Gasteiger partial charge in [-0.15, -0.1) is 0 Å². The Balaban J connectivity index is 1.55. The zero-order valence-electron chi connectivity index (χ0n) is 14.6. The second-order valence-corrected chi connectivity index (χ2v) is 7.33. The van der Waals surface area contributed by atoms with Crippen molar-refractivity contribution in [1.29, 1.82) is 0 Å². The van der Waals surface area contributed by atoms with Crippen LogP contribution in [-0.4, -0.2) is 54.7 Å². The standard InChI is InChI=1S/C18H19N3O5S/c22-18(19-5-7-25-8-6-19)16-11-20(14-3-1-2-4-15(14)26-16)10-13-9-17(21(23)24)27-12-13/h1-4,9,12,16H,5-8,10-11H2/t16-/m1/s1. The van der Waals surface area contributed by atoms with Gasteiger partial charge >= 0.3 is 5.00 Å². The number of fused-ring (bicyclic) bond motifs is 1. The van der Waals surface area contributed by atoms with E-state index >= 15 is 0 Å². The molecule has 27 heavy (non-hydrogen) atoms. The van der Waals surface area contributed by atoms with Gasteiger partial charge in [0.1, 0.15) is 5.75 Å². The van der Waals surface area contributed by atoms with Gasteiger partial charge in [0.15, 0.2) is 6.10 Å². The molecule has 0 saturated carbocycles. The van der Waals surface area contributed by atoms with Gasteiger partial charge in [-0.1, -0.05) is 23.5 Å². The fourth-order valence-electron chi connectivity index (χ4n) is 3.33. The molecule has 2 aliphatic heterocycles. The van der Waals surface area contributed by atoms with Crippen molar-refractivity contribution in [2.45, 2.75) is 12.6 Å². The molecule has 0 unspecified atom stereocenters. The van der Waals surface area contributed by atoms with Crippen LogP contribution in [0.15, 0.2) is 35.7 Å². The summed E-state index contributed by atoms with van der Waals surface area (Å²) in [6.45, 7) is 3.09. The van der Waals surface area contributed by atoms with Crippen LogP contribution in [0.3, 0.4) is 0 Å². The highest BCUT2D eigenvalue weighted by molar-refractivity contribution is 7.13. The molecule has 142 valence electrons. The van der Waals surface area contributed by atoms with E-state index in [1.54, 1.807) is 16.3 Å². The molecule has 2 aliphatic rings. The smallest absolute Gasteiger partial charge is 0.324 e. The molecule has 1 atom stereocenters. The summed E-state index contributed by atoms with van der Waals surface area (Å²) >= 11 is 1.11. The number of hydrogen-bond donors (Lipinski definition) is 0. The maximum absolute atomic E-state index is 12.9. The third-order valence-electron chi connectivity index (χ3n) is 4.65. The van der Waals surface area contributed by atoms with E-state index in [1.807, 2.05) is 29.2 Å². The quantitative estimate of drug-likeness (QED) is 0.589. The van der Waals surface area contributed by atoms with Crippen molar-refractivity contribution in [3.05, 3.63) is 51.4 Å². The monoisotopic (exact) mass is 389 g/mol. The number of rotatable bonds is 4. The van der Waals surface area contributed by atoms with Gasteiger partial charge in [-0.25, -0.2) is 0 Å². The van der Waals surface area contributed by atoms with Crippen molar-refractivity contribution in [3.63, 3.8) is 0 Å². The Morgan fingerprint density at radius 1 is 1.30 bits per heavy atom. The molecule has 4 rings (SSSR count). The molecule has 1 saturated heterocycles. The Labute approximate surface area is 160 Å². The minimum absolute atomic E-state index is 0.0471. The maximum atomic E-state index is 12.9. The van der Waals surface area contributed by atoms with E-state index in [-0.39, 0.29) is 15.8 Å². The van der Waals surface area contributed by atoms with Crippen LogP contribution in [0.2, 0.25) is 0 Å². The van der Waals surface area contributed by atoms with Crippen LogP contribution in [0.4, 0.5) is 10.7 Å². The van der Waals surface area contributed by atoms with Crippen molar-refractivity contribution in [2.75, 3.05) is 37.7 Å². The number of para-hydroxylation sites is 2. The molecule has 1 aromatic heterocycles. The minimum atomic E-state index is -0.605. The molecule has 8 nitrogen and oxygen atoms in total. The Bertz CT molecular complexity index is 849. The van der Waals surface area contributed by atoms with Gasteiger partial charge < -0.3 is 19.3 Å². The van der Waals surface area contributed by atoms with Crippen molar-refractivity contribution >= 4 is 27.9 Å². The van der Waals surface area contributed by atoms with Crippen LogP contribution in [0.25, 0.3) is 0 Å². The topological polar surface area (TPSA) is 85.2 Å². The van der Waals surface area contributed by atoms with E-state index in [4.69, 9.17) is 9.47 Å². The highest BCUT2D eigenvalue weighted by Crippen LogP contribution is 2.35. The predicted octanol–water partition coefficient (Wildman–Crippen LogP) is 2.28. The molecule has 0 aliphatic carbocycles. The van der Waals surface area contributed by atoms with Gasteiger partial charge in [0.25, 0.3) is 5.91 Å². The van der Waals surface area contributed by atoms with Crippen LogP contribution in [0.1, 0.15) is 5.56 Å². The van der Waals surface area contributed by atoms with E-state index < -0.39 is 6.10 Å². The molecule has 0 radical (unpaired) electrons. The summed E-state index contributed by atoms with van der Waals surface area (Å²) in [5.74, 6) is 0.606. The Kier molecular flexibility index (Phi) is 4.95. The lowest BCUT2D eigenvalue weighted by molar-refractivity contribution is -0.380. The number of nitrogens with zero attached hydrogens (tertiary/aromatic N) is 3. The Morgan fingerprint density at radius 3 is 2.81 bits per heavy atom. The van der Waals surface area contributed by atoms with E-state index in [9.17, 15) is 14.9 Å². The van der Waals surface area contributed by atoms with Crippen LogP contribution < -0.4 is 9.64 Å². The molecule has 0 spiro atoms. The van der Waals surface area contributed by atoms with Gasteiger partial charge in [0.2, 0.25) is 0 Å². The second kappa shape index (κ2) is 7.53. The average molecular weight is 389 g/mol. The average Bonchev–Trinajstić information content (AvgIpc) is 3.17. The van der Waals surface area contributed by atoms with Crippen molar-refractivity contribution in [3.8, 4) is 5.75 Å². The van der Waals surface area contributed by atoms with Crippen molar-refractivity contribution in [1.82, 2.24) is 4.90 Å². The fourth-order valence-corrected chi connectivity index (χ4v) is 4.05. The molecule has 1 fully saturated rings. The second-order valence-electron chi connectivity index (χ2n) is 6.44. The van der Waals surface area contributed by atoms with Gasteiger partial charge in [-0.3, -0.25) is 14.9 Å². The number of nitro groups is 1. The van der Waals surface area contributed by atoms with E-state index in [0.29, 0.717) is 45.1 Å².